The summed E-state index contributed by atoms with van der Waals surface area (Å²) in [6.45, 7) is 1.55. The number of anilines is 1. The highest BCUT2D eigenvalue weighted by Crippen LogP contribution is 2.30. The van der Waals surface area contributed by atoms with E-state index in [1.54, 1.807) is 13.0 Å². The molecule has 2 aromatic rings. The van der Waals surface area contributed by atoms with Crippen molar-refractivity contribution < 1.29 is 22.4 Å². The van der Waals surface area contributed by atoms with Gasteiger partial charge in [-0.3, -0.25) is 4.79 Å². The molecule has 2 rings (SSSR count). The van der Waals surface area contributed by atoms with Gasteiger partial charge in [0.15, 0.2) is 0 Å². The average molecular weight is 423 g/mol. The molecular formula is C15H11BrF4N2OS. The van der Waals surface area contributed by atoms with Crippen molar-refractivity contribution in [3.63, 3.8) is 0 Å². The van der Waals surface area contributed by atoms with Crippen LogP contribution >= 0.6 is 27.7 Å². The van der Waals surface area contributed by atoms with Gasteiger partial charge in [0.25, 0.3) is 0 Å². The summed E-state index contributed by atoms with van der Waals surface area (Å²) in [6.07, 6.45) is -3.75. The van der Waals surface area contributed by atoms with Gasteiger partial charge in [0.05, 0.1) is 21.5 Å². The van der Waals surface area contributed by atoms with E-state index in [0.717, 1.165) is 17.8 Å². The highest BCUT2D eigenvalue weighted by atomic mass is 79.9. The van der Waals surface area contributed by atoms with Crippen LogP contribution in [0.15, 0.2) is 46.0 Å². The number of amides is 1. The molecule has 0 fully saturated rings. The van der Waals surface area contributed by atoms with E-state index < -0.39 is 28.7 Å². The van der Waals surface area contributed by atoms with Gasteiger partial charge in [0.1, 0.15) is 5.82 Å². The molecule has 128 valence electrons. The van der Waals surface area contributed by atoms with E-state index in [-0.39, 0.29) is 10.7 Å². The molecule has 24 heavy (non-hydrogen) atoms. The largest absolute Gasteiger partial charge is 0.417 e. The fourth-order valence-corrected chi connectivity index (χ4v) is 2.80. The summed E-state index contributed by atoms with van der Waals surface area (Å²) in [5, 5.41) is 2.03. The molecule has 0 aliphatic rings. The number of pyridine rings is 1. The predicted molar refractivity (Wildman–Crippen MR) is 87.3 cm³/mol. The smallest absolute Gasteiger partial charge is 0.323 e. The zero-order valence-corrected chi connectivity index (χ0v) is 14.6. The average Bonchev–Trinajstić information content (AvgIpc) is 2.49. The molecule has 0 radical (unpaired) electrons. The van der Waals surface area contributed by atoms with Crippen LogP contribution in [-0.4, -0.2) is 16.1 Å². The summed E-state index contributed by atoms with van der Waals surface area (Å²) in [7, 11) is 0. The van der Waals surface area contributed by atoms with Gasteiger partial charge >= 0.3 is 6.18 Å². The maximum Gasteiger partial charge on any atom is 0.417 e. The summed E-state index contributed by atoms with van der Waals surface area (Å²) >= 11 is 4.09. The first kappa shape index (κ1) is 18.7. The van der Waals surface area contributed by atoms with Gasteiger partial charge < -0.3 is 5.32 Å². The normalized spacial score (nSPS) is 12.8. The molecule has 1 aromatic carbocycles. The highest BCUT2D eigenvalue weighted by molar-refractivity contribution is 9.10. The molecular weight excluding hydrogens is 412 g/mol. The van der Waals surface area contributed by atoms with Crippen LogP contribution in [0.25, 0.3) is 0 Å². The first-order valence-electron chi connectivity index (χ1n) is 6.62. The quantitative estimate of drug-likeness (QED) is 0.548. The Kier molecular flexibility index (Phi) is 5.87. The zero-order valence-electron chi connectivity index (χ0n) is 12.2. The van der Waals surface area contributed by atoms with Crippen LogP contribution in [0, 0.1) is 5.82 Å². The van der Waals surface area contributed by atoms with Crippen molar-refractivity contribution in [2.45, 2.75) is 23.4 Å². The second kappa shape index (κ2) is 7.52. The number of alkyl halides is 3. The van der Waals surface area contributed by atoms with E-state index in [4.69, 9.17) is 0 Å². The SMILES string of the molecule is CC(Sc1ccc(C(F)(F)F)cn1)C(=O)Nc1ccc(Br)cc1F. The van der Waals surface area contributed by atoms with Crippen LogP contribution in [0.3, 0.4) is 0 Å². The number of nitrogens with one attached hydrogen (secondary N) is 1. The van der Waals surface area contributed by atoms with Gasteiger partial charge in [0.2, 0.25) is 5.91 Å². The maximum atomic E-state index is 13.7. The Bertz CT molecular complexity index is 737. The van der Waals surface area contributed by atoms with Gasteiger partial charge in [-0.15, -0.1) is 0 Å². The van der Waals surface area contributed by atoms with Crippen LogP contribution in [-0.2, 0) is 11.0 Å². The number of hydrogen-bond donors (Lipinski definition) is 1. The Morgan fingerprint density at radius 1 is 1.29 bits per heavy atom. The second-order valence-electron chi connectivity index (χ2n) is 4.76. The number of carbonyl (C=O) groups excluding carboxylic acids is 1. The van der Waals surface area contributed by atoms with Gasteiger partial charge in [-0.05, 0) is 37.3 Å². The number of benzene rings is 1. The van der Waals surface area contributed by atoms with E-state index >= 15 is 0 Å². The lowest BCUT2D eigenvalue weighted by molar-refractivity contribution is -0.137. The minimum atomic E-state index is -4.46. The van der Waals surface area contributed by atoms with Crippen LogP contribution < -0.4 is 5.32 Å². The number of hydrogen-bond acceptors (Lipinski definition) is 3. The van der Waals surface area contributed by atoms with Crippen molar-refractivity contribution in [2.75, 3.05) is 5.32 Å². The standard InChI is InChI=1S/C15H11BrF4N2OS/c1-8(14(23)22-12-4-3-10(16)6-11(12)17)24-13-5-2-9(7-21-13)15(18,19)20/h2-8H,1H3,(H,22,23). The monoisotopic (exact) mass is 422 g/mol. The fraction of sp³-hybridized carbons (Fsp3) is 0.200. The molecule has 0 saturated heterocycles. The summed E-state index contributed by atoms with van der Waals surface area (Å²) in [5.41, 5.74) is -0.836. The minimum Gasteiger partial charge on any atom is -0.323 e. The van der Waals surface area contributed by atoms with Crippen molar-refractivity contribution >= 4 is 39.3 Å². The minimum absolute atomic E-state index is 0.0241. The lowest BCUT2D eigenvalue weighted by Gasteiger charge is -2.13. The highest BCUT2D eigenvalue weighted by Gasteiger charge is 2.30. The Balaban J connectivity index is 2.01. The summed E-state index contributed by atoms with van der Waals surface area (Å²) in [6, 6.07) is 6.29. The van der Waals surface area contributed by atoms with E-state index in [9.17, 15) is 22.4 Å². The Morgan fingerprint density at radius 2 is 2.00 bits per heavy atom. The molecule has 1 atom stereocenters. The molecule has 0 spiro atoms. The van der Waals surface area contributed by atoms with E-state index in [1.807, 2.05) is 0 Å². The van der Waals surface area contributed by atoms with E-state index in [1.165, 1.54) is 18.2 Å². The zero-order chi connectivity index (χ0) is 17.9. The molecule has 1 N–H and O–H groups in total. The fourth-order valence-electron chi connectivity index (χ4n) is 1.68. The number of nitrogens with zero attached hydrogens (tertiary/aromatic N) is 1. The summed E-state index contributed by atoms with van der Waals surface area (Å²) in [4.78, 5) is 15.7. The van der Waals surface area contributed by atoms with Crippen LogP contribution in [0.5, 0.6) is 0 Å². The van der Waals surface area contributed by atoms with E-state index in [0.29, 0.717) is 10.7 Å². The molecule has 1 unspecified atom stereocenters. The Labute approximate surface area is 148 Å². The summed E-state index contributed by atoms with van der Waals surface area (Å²) < 4.78 is 51.6. The first-order valence-corrected chi connectivity index (χ1v) is 8.30. The molecule has 9 heteroatoms. The first-order chi connectivity index (χ1) is 11.2. The topological polar surface area (TPSA) is 42.0 Å². The molecule has 0 aliphatic heterocycles. The third-order valence-corrected chi connectivity index (χ3v) is 4.46. The molecule has 3 nitrogen and oxygen atoms in total. The molecule has 1 amide bonds. The summed E-state index contributed by atoms with van der Waals surface area (Å²) in [5.74, 6) is -1.08. The number of thioether (sulfide) groups is 1. The predicted octanol–water partition coefficient (Wildman–Crippen LogP) is 5.12. The van der Waals surface area contributed by atoms with E-state index in [2.05, 4.69) is 26.2 Å². The number of aromatic nitrogens is 1. The molecule has 0 bridgehead atoms. The maximum absolute atomic E-state index is 13.7. The third-order valence-electron chi connectivity index (χ3n) is 2.92. The van der Waals surface area contributed by atoms with Gasteiger partial charge in [-0.25, -0.2) is 9.37 Å². The van der Waals surface area contributed by atoms with Crippen molar-refractivity contribution in [3.8, 4) is 0 Å². The number of rotatable bonds is 4. The van der Waals surface area contributed by atoms with Crippen LogP contribution in [0.4, 0.5) is 23.2 Å². The van der Waals surface area contributed by atoms with Crippen molar-refractivity contribution in [1.29, 1.82) is 0 Å². The van der Waals surface area contributed by atoms with Crippen LogP contribution in [0.2, 0.25) is 0 Å². The number of carbonyl (C=O) groups is 1. The molecule has 1 aromatic heterocycles. The van der Waals surface area contributed by atoms with Crippen molar-refractivity contribution in [1.82, 2.24) is 4.98 Å². The lowest BCUT2D eigenvalue weighted by Crippen LogP contribution is -2.23. The molecule has 0 aliphatic carbocycles. The molecule has 0 saturated carbocycles. The van der Waals surface area contributed by atoms with Gasteiger partial charge in [-0.1, -0.05) is 27.7 Å². The molecule has 1 heterocycles. The van der Waals surface area contributed by atoms with Crippen molar-refractivity contribution in [2.24, 2.45) is 0 Å². The van der Waals surface area contributed by atoms with Gasteiger partial charge in [-0.2, -0.15) is 13.2 Å². The Morgan fingerprint density at radius 3 is 2.54 bits per heavy atom. The van der Waals surface area contributed by atoms with Gasteiger partial charge in [0, 0.05) is 10.7 Å². The lowest BCUT2D eigenvalue weighted by atomic mass is 10.3. The Hall–Kier alpha value is -1.61. The second-order valence-corrected chi connectivity index (χ2v) is 7.03. The van der Waals surface area contributed by atoms with Crippen molar-refractivity contribution in [3.05, 3.63) is 52.4 Å². The third kappa shape index (κ3) is 4.94. The number of halogens is 5. The van der Waals surface area contributed by atoms with Crippen LogP contribution in [0.1, 0.15) is 12.5 Å².